The van der Waals surface area contributed by atoms with E-state index in [0.29, 0.717) is 6.04 Å². The van der Waals surface area contributed by atoms with Gasteiger partial charge in [0.1, 0.15) is 6.04 Å². The van der Waals surface area contributed by atoms with Crippen LogP contribution < -0.4 is 0 Å². The highest BCUT2D eigenvalue weighted by Crippen LogP contribution is 2.22. The molecule has 2 rings (SSSR count). The second-order valence-electron chi connectivity index (χ2n) is 2.17. The highest BCUT2D eigenvalue weighted by atomic mass is 32.2. The number of nitrogens with zero attached hydrogens (tertiary/aromatic N) is 2. The number of hydrogen-bond acceptors (Lipinski definition) is 4. The van der Waals surface area contributed by atoms with Gasteiger partial charge in [-0.2, -0.15) is 0 Å². The largest absolute Gasteiger partial charge is 0.280 e. The Kier molecular flexibility index (Phi) is 2.00. The van der Waals surface area contributed by atoms with Gasteiger partial charge in [-0.3, -0.25) is 9.98 Å². The number of hydrogen-bond donors (Lipinski definition) is 0. The summed E-state index contributed by atoms with van der Waals surface area (Å²) in [7, 11) is 0. The maximum absolute atomic E-state index is 4.37. The molecular weight excluding hydrogens is 164 g/mol. The van der Waals surface area contributed by atoms with Crippen molar-refractivity contribution in [2.75, 3.05) is 18.1 Å². The first-order valence-electron chi connectivity index (χ1n) is 3.27. The molecule has 10 heavy (non-hydrogen) atoms. The molecule has 0 amide bonds. The molecule has 0 bridgehead atoms. The van der Waals surface area contributed by atoms with Crippen LogP contribution in [0.25, 0.3) is 0 Å². The third-order valence-electron chi connectivity index (χ3n) is 1.46. The van der Waals surface area contributed by atoms with Crippen LogP contribution in [0.15, 0.2) is 9.98 Å². The molecule has 0 aromatic carbocycles. The van der Waals surface area contributed by atoms with Crippen LogP contribution in [0.2, 0.25) is 0 Å². The first-order chi connectivity index (χ1) is 4.97. The SMILES string of the molecule is C1=NC(C2=NCCS2)CS1. The monoisotopic (exact) mass is 172 g/mol. The van der Waals surface area contributed by atoms with E-state index < -0.39 is 0 Å². The van der Waals surface area contributed by atoms with Crippen molar-refractivity contribution in [3.8, 4) is 0 Å². The first kappa shape index (κ1) is 6.73. The summed E-state index contributed by atoms with van der Waals surface area (Å²) in [6.45, 7) is 0.997. The van der Waals surface area contributed by atoms with Crippen molar-refractivity contribution in [3.63, 3.8) is 0 Å². The zero-order chi connectivity index (χ0) is 6.81. The van der Waals surface area contributed by atoms with Gasteiger partial charge in [0, 0.05) is 18.1 Å². The molecule has 2 aliphatic heterocycles. The fourth-order valence-electron chi connectivity index (χ4n) is 0.982. The minimum absolute atomic E-state index is 0.400. The van der Waals surface area contributed by atoms with Crippen molar-refractivity contribution in [2.24, 2.45) is 9.98 Å². The smallest absolute Gasteiger partial charge is 0.108 e. The summed E-state index contributed by atoms with van der Waals surface area (Å²) in [5.41, 5.74) is 1.94. The predicted molar refractivity (Wildman–Crippen MR) is 49.5 cm³/mol. The molecule has 0 fully saturated rings. The van der Waals surface area contributed by atoms with E-state index in [-0.39, 0.29) is 0 Å². The van der Waals surface area contributed by atoms with E-state index in [2.05, 4.69) is 9.98 Å². The van der Waals surface area contributed by atoms with Gasteiger partial charge in [-0.25, -0.2) is 0 Å². The van der Waals surface area contributed by atoms with Crippen LogP contribution in [-0.2, 0) is 0 Å². The minimum atomic E-state index is 0.400. The van der Waals surface area contributed by atoms with Gasteiger partial charge >= 0.3 is 0 Å². The number of aliphatic imine (C=N–C) groups is 2. The lowest BCUT2D eigenvalue weighted by Gasteiger charge is -2.02. The molecule has 0 aromatic heterocycles. The van der Waals surface area contributed by atoms with Gasteiger partial charge < -0.3 is 0 Å². The van der Waals surface area contributed by atoms with E-state index >= 15 is 0 Å². The normalized spacial score (nSPS) is 31.2. The lowest BCUT2D eigenvalue weighted by molar-refractivity contribution is 1.02. The van der Waals surface area contributed by atoms with Gasteiger partial charge in [-0.15, -0.1) is 23.5 Å². The molecule has 2 aliphatic rings. The molecule has 0 aliphatic carbocycles. The van der Waals surface area contributed by atoms with Crippen molar-refractivity contribution >= 4 is 34.1 Å². The highest BCUT2D eigenvalue weighted by molar-refractivity contribution is 8.15. The van der Waals surface area contributed by atoms with E-state index in [4.69, 9.17) is 0 Å². The van der Waals surface area contributed by atoms with Gasteiger partial charge in [-0.05, 0) is 0 Å². The van der Waals surface area contributed by atoms with Crippen LogP contribution >= 0.6 is 23.5 Å². The van der Waals surface area contributed by atoms with Crippen LogP contribution in [0, 0.1) is 0 Å². The third kappa shape index (κ3) is 1.22. The first-order valence-corrected chi connectivity index (χ1v) is 5.30. The van der Waals surface area contributed by atoms with E-state index in [0.717, 1.165) is 18.1 Å². The molecule has 4 heteroatoms. The fraction of sp³-hybridized carbons (Fsp3) is 0.667. The summed E-state index contributed by atoms with van der Waals surface area (Å²) in [6.07, 6.45) is 0. The van der Waals surface area contributed by atoms with Crippen LogP contribution in [0.4, 0.5) is 0 Å². The number of thioether (sulfide) groups is 2. The summed E-state index contributed by atoms with van der Waals surface area (Å²) < 4.78 is 0. The van der Waals surface area contributed by atoms with Crippen molar-refractivity contribution < 1.29 is 0 Å². The Morgan fingerprint density at radius 3 is 3.20 bits per heavy atom. The maximum atomic E-state index is 4.37. The molecule has 54 valence electrons. The molecule has 0 spiro atoms. The van der Waals surface area contributed by atoms with Crippen molar-refractivity contribution in [1.82, 2.24) is 0 Å². The Bertz CT molecular complexity index is 188. The van der Waals surface area contributed by atoms with E-state index in [9.17, 15) is 0 Å². The average Bonchev–Trinajstić information content (AvgIpc) is 2.59. The molecule has 1 atom stereocenters. The van der Waals surface area contributed by atoms with Crippen LogP contribution in [-0.4, -0.2) is 34.7 Å². The molecule has 0 radical (unpaired) electrons. The van der Waals surface area contributed by atoms with Gasteiger partial charge in [0.15, 0.2) is 0 Å². The lowest BCUT2D eigenvalue weighted by Crippen LogP contribution is -2.13. The summed E-state index contributed by atoms with van der Waals surface area (Å²) in [5.74, 6) is 2.26. The topological polar surface area (TPSA) is 24.7 Å². The van der Waals surface area contributed by atoms with Gasteiger partial charge in [-0.1, -0.05) is 0 Å². The Morgan fingerprint density at radius 1 is 1.60 bits per heavy atom. The Morgan fingerprint density at radius 2 is 2.60 bits per heavy atom. The third-order valence-corrected chi connectivity index (χ3v) is 3.33. The minimum Gasteiger partial charge on any atom is -0.280 e. The van der Waals surface area contributed by atoms with E-state index in [1.807, 2.05) is 17.3 Å². The van der Waals surface area contributed by atoms with Crippen molar-refractivity contribution in [3.05, 3.63) is 0 Å². The summed E-state index contributed by atoms with van der Waals surface area (Å²) in [6, 6.07) is 0.400. The van der Waals surface area contributed by atoms with Crippen LogP contribution in [0.3, 0.4) is 0 Å². The fourth-order valence-corrected chi connectivity index (χ4v) is 2.74. The van der Waals surface area contributed by atoms with Crippen LogP contribution in [0.1, 0.15) is 0 Å². The second-order valence-corrected chi connectivity index (χ2v) is 4.16. The molecule has 0 N–H and O–H groups in total. The standard InChI is InChI=1S/C6H8N2S2/c1-2-10-6(7-1)5-3-9-4-8-5/h4-5H,1-3H2. The highest BCUT2D eigenvalue weighted by Gasteiger charge is 2.20. The quantitative estimate of drug-likeness (QED) is 0.595. The van der Waals surface area contributed by atoms with Crippen molar-refractivity contribution in [2.45, 2.75) is 6.04 Å². The Hall–Kier alpha value is 0.0400. The zero-order valence-corrected chi connectivity index (χ0v) is 7.12. The molecule has 1 unspecified atom stereocenters. The summed E-state index contributed by atoms with van der Waals surface area (Å²) in [5, 5.41) is 1.25. The Balaban J connectivity index is 2.04. The molecule has 0 saturated heterocycles. The van der Waals surface area contributed by atoms with Crippen molar-refractivity contribution in [1.29, 1.82) is 0 Å². The second kappa shape index (κ2) is 2.96. The zero-order valence-electron chi connectivity index (χ0n) is 5.49. The number of rotatable bonds is 1. The molecule has 2 heterocycles. The summed E-state index contributed by atoms with van der Waals surface area (Å²) >= 11 is 3.65. The van der Waals surface area contributed by atoms with E-state index in [1.165, 1.54) is 5.04 Å². The predicted octanol–water partition coefficient (Wildman–Crippen LogP) is 1.28. The van der Waals surface area contributed by atoms with Gasteiger partial charge in [0.25, 0.3) is 0 Å². The average molecular weight is 172 g/mol. The Labute approximate surface area is 68.6 Å². The van der Waals surface area contributed by atoms with Crippen LogP contribution in [0.5, 0.6) is 0 Å². The summed E-state index contributed by atoms with van der Waals surface area (Å²) in [4.78, 5) is 8.67. The van der Waals surface area contributed by atoms with Gasteiger partial charge in [0.05, 0.1) is 10.6 Å². The molecule has 0 aromatic rings. The lowest BCUT2D eigenvalue weighted by atomic mass is 10.4. The molecule has 2 nitrogen and oxygen atoms in total. The van der Waals surface area contributed by atoms with Gasteiger partial charge in [0.2, 0.25) is 0 Å². The maximum Gasteiger partial charge on any atom is 0.108 e. The molecule has 0 saturated carbocycles. The molecular formula is C6H8N2S2. The van der Waals surface area contributed by atoms with E-state index in [1.54, 1.807) is 11.8 Å².